The first-order valence-electron chi connectivity index (χ1n) is 6.21. The normalized spacial score (nSPS) is 25.9. The molecular weight excluding hydrogens is 200 g/mol. The van der Waals surface area contributed by atoms with E-state index in [1.54, 1.807) is 0 Å². The van der Waals surface area contributed by atoms with Crippen LogP contribution in [0, 0.1) is 0 Å². The molecule has 4 nitrogen and oxygen atoms in total. The fourth-order valence-corrected chi connectivity index (χ4v) is 2.46. The Bertz CT molecular complexity index is 321. The van der Waals surface area contributed by atoms with Gasteiger partial charge in [-0.15, -0.1) is 0 Å². The highest BCUT2D eigenvalue weighted by Gasteiger charge is 2.18. The van der Waals surface area contributed by atoms with Crippen LogP contribution < -0.4 is 11.1 Å². The van der Waals surface area contributed by atoms with Crippen LogP contribution in [0.5, 0.6) is 0 Å². The van der Waals surface area contributed by atoms with Crippen LogP contribution in [0.15, 0.2) is 12.3 Å². The molecule has 16 heavy (non-hydrogen) atoms. The van der Waals surface area contributed by atoms with Crippen LogP contribution >= 0.6 is 0 Å². The van der Waals surface area contributed by atoms with E-state index in [2.05, 4.69) is 16.5 Å². The van der Waals surface area contributed by atoms with E-state index in [1.807, 2.05) is 17.9 Å². The van der Waals surface area contributed by atoms with Gasteiger partial charge in [0, 0.05) is 44.0 Å². The molecule has 4 heteroatoms. The average Bonchev–Trinajstić information content (AvgIpc) is 2.65. The fourth-order valence-electron chi connectivity index (χ4n) is 2.46. The van der Waals surface area contributed by atoms with E-state index in [1.165, 1.54) is 25.0 Å². The maximum Gasteiger partial charge on any atom is 0.0492 e. The molecule has 1 saturated carbocycles. The van der Waals surface area contributed by atoms with Gasteiger partial charge in [-0.25, -0.2) is 0 Å². The average molecular weight is 222 g/mol. The molecule has 0 aliphatic heterocycles. The molecule has 0 amide bonds. The molecule has 2 unspecified atom stereocenters. The van der Waals surface area contributed by atoms with Gasteiger partial charge in [0.25, 0.3) is 0 Å². The van der Waals surface area contributed by atoms with Crippen molar-refractivity contribution in [2.45, 2.75) is 44.2 Å². The molecule has 1 aliphatic carbocycles. The van der Waals surface area contributed by atoms with Crippen LogP contribution in [0.4, 0.5) is 0 Å². The van der Waals surface area contributed by atoms with Crippen molar-refractivity contribution in [3.8, 4) is 0 Å². The van der Waals surface area contributed by atoms with Gasteiger partial charge in [0.2, 0.25) is 0 Å². The minimum absolute atomic E-state index is 0.406. The van der Waals surface area contributed by atoms with E-state index in [0.29, 0.717) is 12.1 Å². The zero-order valence-electron chi connectivity index (χ0n) is 10.0. The zero-order chi connectivity index (χ0) is 11.4. The highest BCUT2D eigenvalue weighted by molar-refractivity contribution is 5.00. The number of hydrogen-bond acceptors (Lipinski definition) is 3. The van der Waals surface area contributed by atoms with Gasteiger partial charge in [-0.2, -0.15) is 5.10 Å². The summed E-state index contributed by atoms with van der Waals surface area (Å²) in [7, 11) is 1.99. The summed E-state index contributed by atoms with van der Waals surface area (Å²) in [6.45, 7) is 1.02. The number of nitrogens with zero attached hydrogens (tertiary/aromatic N) is 2. The SMILES string of the molecule is Cn1nccc1CCNC1CCCC(N)C1. The second-order valence-corrected chi connectivity index (χ2v) is 4.77. The Kier molecular flexibility index (Phi) is 3.96. The number of aromatic nitrogens is 2. The molecule has 90 valence electrons. The summed E-state index contributed by atoms with van der Waals surface area (Å²) in [4.78, 5) is 0. The van der Waals surface area contributed by atoms with Crippen LogP contribution in [0.2, 0.25) is 0 Å². The third kappa shape index (κ3) is 3.06. The van der Waals surface area contributed by atoms with E-state index < -0.39 is 0 Å². The van der Waals surface area contributed by atoms with E-state index in [0.717, 1.165) is 19.4 Å². The van der Waals surface area contributed by atoms with Crippen molar-refractivity contribution in [1.29, 1.82) is 0 Å². The van der Waals surface area contributed by atoms with Crippen LogP contribution in [0.3, 0.4) is 0 Å². The molecule has 0 saturated heterocycles. The lowest BCUT2D eigenvalue weighted by Crippen LogP contribution is -2.40. The minimum atomic E-state index is 0.406. The first kappa shape index (κ1) is 11.6. The summed E-state index contributed by atoms with van der Waals surface area (Å²) < 4.78 is 1.94. The quantitative estimate of drug-likeness (QED) is 0.793. The lowest BCUT2D eigenvalue weighted by Gasteiger charge is -2.27. The Balaban J connectivity index is 1.70. The standard InChI is InChI=1S/C12H22N4/c1-16-12(6-8-15-16)5-7-14-11-4-2-3-10(13)9-11/h6,8,10-11,14H,2-5,7,9,13H2,1H3. The van der Waals surface area contributed by atoms with Gasteiger partial charge < -0.3 is 11.1 Å². The minimum Gasteiger partial charge on any atom is -0.328 e. The van der Waals surface area contributed by atoms with Gasteiger partial charge in [-0.3, -0.25) is 4.68 Å². The maximum absolute atomic E-state index is 5.96. The van der Waals surface area contributed by atoms with Crippen molar-refractivity contribution < 1.29 is 0 Å². The molecule has 2 rings (SSSR count). The third-order valence-corrected chi connectivity index (χ3v) is 3.45. The van der Waals surface area contributed by atoms with Crippen molar-refractivity contribution in [2.24, 2.45) is 12.8 Å². The van der Waals surface area contributed by atoms with Gasteiger partial charge in [0.15, 0.2) is 0 Å². The molecule has 0 radical (unpaired) electrons. The summed E-state index contributed by atoms with van der Waals surface area (Å²) in [6.07, 6.45) is 7.77. The molecule has 1 aliphatic rings. The monoisotopic (exact) mass is 222 g/mol. The molecule has 2 atom stereocenters. The van der Waals surface area contributed by atoms with E-state index >= 15 is 0 Å². The number of rotatable bonds is 4. The topological polar surface area (TPSA) is 55.9 Å². The predicted octanol–water partition coefficient (Wildman–Crippen LogP) is 0.822. The summed E-state index contributed by atoms with van der Waals surface area (Å²) in [6, 6.07) is 3.11. The summed E-state index contributed by atoms with van der Waals surface area (Å²) >= 11 is 0. The molecule has 1 fully saturated rings. The van der Waals surface area contributed by atoms with Gasteiger partial charge in [-0.1, -0.05) is 6.42 Å². The molecule has 3 N–H and O–H groups in total. The highest BCUT2D eigenvalue weighted by atomic mass is 15.3. The Labute approximate surface area is 97.2 Å². The fraction of sp³-hybridized carbons (Fsp3) is 0.750. The lowest BCUT2D eigenvalue weighted by atomic mass is 9.91. The smallest absolute Gasteiger partial charge is 0.0492 e. The summed E-state index contributed by atoms with van der Waals surface area (Å²) in [5.74, 6) is 0. The van der Waals surface area contributed by atoms with Crippen molar-refractivity contribution in [1.82, 2.24) is 15.1 Å². The van der Waals surface area contributed by atoms with Gasteiger partial charge >= 0.3 is 0 Å². The first-order valence-corrected chi connectivity index (χ1v) is 6.21. The van der Waals surface area contributed by atoms with Crippen LogP contribution in [-0.4, -0.2) is 28.4 Å². The predicted molar refractivity (Wildman–Crippen MR) is 65.1 cm³/mol. The highest BCUT2D eigenvalue weighted by Crippen LogP contribution is 2.16. The summed E-state index contributed by atoms with van der Waals surface area (Å²) in [5, 5.41) is 7.76. The Morgan fingerprint density at radius 1 is 1.56 bits per heavy atom. The molecule has 0 spiro atoms. The second kappa shape index (κ2) is 5.46. The van der Waals surface area contributed by atoms with E-state index in [-0.39, 0.29) is 0 Å². The molecule has 0 aromatic carbocycles. The molecule has 1 aromatic rings. The third-order valence-electron chi connectivity index (χ3n) is 3.45. The van der Waals surface area contributed by atoms with Gasteiger partial charge in [0.1, 0.15) is 0 Å². The van der Waals surface area contributed by atoms with E-state index in [4.69, 9.17) is 5.73 Å². The van der Waals surface area contributed by atoms with Crippen LogP contribution in [-0.2, 0) is 13.5 Å². The Morgan fingerprint density at radius 2 is 2.44 bits per heavy atom. The largest absolute Gasteiger partial charge is 0.328 e. The van der Waals surface area contributed by atoms with E-state index in [9.17, 15) is 0 Å². The van der Waals surface area contributed by atoms with Gasteiger partial charge in [-0.05, 0) is 25.3 Å². The first-order chi connectivity index (χ1) is 7.75. The maximum atomic E-state index is 5.96. The lowest BCUT2D eigenvalue weighted by molar-refractivity contribution is 0.340. The van der Waals surface area contributed by atoms with Crippen LogP contribution in [0.1, 0.15) is 31.4 Å². The number of nitrogens with two attached hydrogens (primary N) is 1. The van der Waals surface area contributed by atoms with Crippen molar-refractivity contribution in [3.63, 3.8) is 0 Å². The molecule has 1 heterocycles. The van der Waals surface area contributed by atoms with Crippen molar-refractivity contribution >= 4 is 0 Å². The van der Waals surface area contributed by atoms with Crippen molar-refractivity contribution in [2.75, 3.05) is 6.54 Å². The van der Waals surface area contributed by atoms with Gasteiger partial charge in [0.05, 0.1) is 0 Å². The molecule has 0 bridgehead atoms. The second-order valence-electron chi connectivity index (χ2n) is 4.77. The molecule has 1 aromatic heterocycles. The van der Waals surface area contributed by atoms with Crippen LogP contribution in [0.25, 0.3) is 0 Å². The van der Waals surface area contributed by atoms with Crippen molar-refractivity contribution in [3.05, 3.63) is 18.0 Å². The molecular formula is C12H22N4. The number of aryl methyl sites for hydroxylation is 1. The Hall–Kier alpha value is -0.870. The number of nitrogens with one attached hydrogen (secondary N) is 1. The Morgan fingerprint density at radius 3 is 3.12 bits per heavy atom. The number of hydrogen-bond donors (Lipinski definition) is 2. The summed E-state index contributed by atoms with van der Waals surface area (Å²) in [5.41, 5.74) is 7.25. The zero-order valence-corrected chi connectivity index (χ0v) is 10.0.